The van der Waals surface area contributed by atoms with Crippen molar-refractivity contribution in [3.8, 4) is 11.1 Å². The van der Waals surface area contributed by atoms with Crippen molar-refractivity contribution in [3.05, 3.63) is 59.7 Å². The predicted octanol–water partition coefficient (Wildman–Crippen LogP) is 6.40. The van der Waals surface area contributed by atoms with E-state index in [4.69, 9.17) is 0 Å². The lowest BCUT2D eigenvalue weighted by molar-refractivity contribution is 0.441. The second-order valence-corrected chi connectivity index (χ2v) is 9.22. The summed E-state index contributed by atoms with van der Waals surface area (Å²) >= 11 is 0. The highest BCUT2D eigenvalue weighted by molar-refractivity contribution is 5.63. The van der Waals surface area contributed by atoms with Gasteiger partial charge in [-0.1, -0.05) is 76.2 Å². The zero-order valence-corrected chi connectivity index (χ0v) is 18.8. The topological polar surface area (TPSA) is 24.1 Å². The molecule has 0 aliphatic carbocycles. The van der Waals surface area contributed by atoms with E-state index in [2.05, 4.69) is 101 Å². The molecule has 2 unspecified atom stereocenters. The standard InChI is InChI=1S/C26H40N2/c1-19(2)15-21(5)27-17-23-7-11-25(12-8-23)26-13-9-24(10-14-26)18-28-22(6)16-20(3)4/h7-14,19-22,27-28H,15-18H2,1-6H3. The van der Waals surface area contributed by atoms with E-state index in [0.717, 1.165) is 24.9 Å². The smallest absolute Gasteiger partial charge is 0.0207 e. The number of hydrogen-bond donors (Lipinski definition) is 2. The van der Waals surface area contributed by atoms with Gasteiger partial charge in [0.2, 0.25) is 0 Å². The van der Waals surface area contributed by atoms with Crippen LogP contribution in [0.15, 0.2) is 48.5 Å². The van der Waals surface area contributed by atoms with E-state index in [1.807, 2.05) is 0 Å². The molecule has 2 atom stereocenters. The van der Waals surface area contributed by atoms with E-state index in [-0.39, 0.29) is 0 Å². The highest BCUT2D eigenvalue weighted by atomic mass is 14.9. The molecule has 0 aromatic heterocycles. The maximum Gasteiger partial charge on any atom is 0.0207 e. The van der Waals surface area contributed by atoms with Gasteiger partial charge < -0.3 is 10.6 Å². The van der Waals surface area contributed by atoms with Crippen LogP contribution in [0.1, 0.15) is 65.5 Å². The van der Waals surface area contributed by atoms with Crippen LogP contribution in [-0.4, -0.2) is 12.1 Å². The lowest BCUT2D eigenvalue weighted by atomic mass is 10.0. The summed E-state index contributed by atoms with van der Waals surface area (Å²) in [6.45, 7) is 15.5. The third kappa shape index (κ3) is 8.16. The molecule has 2 aromatic rings. The van der Waals surface area contributed by atoms with Crippen LogP contribution in [0.25, 0.3) is 11.1 Å². The second kappa shape index (κ2) is 11.4. The maximum absolute atomic E-state index is 3.62. The summed E-state index contributed by atoms with van der Waals surface area (Å²) in [7, 11) is 0. The van der Waals surface area contributed by atoms with Gasteiger partial charge in [-0.15, -0.1) is 0 Å². The Balaban J connectivity index is 1.86. The van der Waals surface area contributed by atoms with Gasteiger partial charge in [0, 0.05) is 25.2 Å². The SMILES string of the molecule is CC(C)CC(C)NCc1ccc(-c2ccc(CNC(C)CC(C)C)cc2)cc1. The molecule has 0 saturated heterocycles. The Hall–Kier alpha value is -1.64. The zero-order chi connectivity index (χ0) is 20.5. The zero-order valence-electron chi connectivity index (χ0n) is 18.8. The monoisotopic (exact) mass is 380 g/mol. The van der Waals surface area contributed by atoms with Crippen LogP contribution < -0.4 is 10.6 Å². The van der Waals surface area contributed by atoms with Crippen molar-refractivity contribution >= 4 is 0 Å². The number of nitrogens with one attached hydrogen (secondary N) is 2. The van der Waals surface area contributed by atoms with Crippen molar-refractivity contribution in [2.45, 2.75) is 79.6 Å². The molecule has 0 bridgehead atoms. The molecule has 0 radical (unpaired) electrons. The molecule has 0 amide bonds. The van der Waals surface area contributed by atoms with Crippen molar-refractivity contribution in [1.29, 1.82) is 0 Å². The number of benzene rings is 2. The van der Waals surface area contributed by atoms with Crippen molar-refractivity contribution in [2.75, 3.05) is 0 Å². The van der Waals surface area contributed by atoms with Gasteiger partial charge in [-0.3, -0.25) is 0 Å². The third-order valence-electron chi connectivity index (χ3n) is 5.20. The summed E-state index contributed by atoms with van der Waals surface area (Å²) in [4.78, 5) is 0. The van der Waals surface area contributed by atoms with Crippen LogP contribution in [-0.2, 0) is 13.1 Å². The molecule has 0 saturated carbocycles. The molecule has 0 heterocycles. The molecule has 0 spiro atoms. The minimum absolute atomic E-state index is 0.559. The van der Waals surface area contributed by atoms with Crippen LogP contribution >= 0.6 is 0 Å². The normalized spacial score (nSPS) is 13.9. The molecule has 154 valence electrons. The first kappa shape index (κ1) is 22.6. The van der Waals surface area contributed by atoms with Gasteiger partial charge in [-0.05, 0) is 60.8 Å². The van der Waals surface area contributed by atoms with Gasteiger partial charge >= 0.3 is 0 Å². The van der Waals surface area contributed by atoms with Gasteiger partial charge in [-0.25, -0.2) is 0 Å². The fraction of sp³-hybridized carbons (Fsp3) is 0.538. The van der Waals surface area contributed by atoms with E-state index in [9.17, 15) is 0 Å². The first-order chi connectivity index (χ1) is 13.3. The van der Waals surface area contributed by atoms with Gasteiger partial charge in [0.05, 0.1) is 0 Å². The average molecular weight is 381 g/mol. The fourth-order valence-corrected chi connectivity index (χ4v) is 3.80. The second-order valence-electron chi connectivity index (χ2n) is 9.22. The Bertz CT molecular complexity index is 609. The van der Waals surface area contributed by atoms with Crippen LogP contribution in [0.3, 0.4) is 0 Å². The molecular formula is C26H40N2. The Morgan fingerprint density at radius 1 is 0.536 bits per heavy atom. The van der Waals surface area contributed by atoms with E-state index in [1.54, 1.807) is 0 Å². The van der Waals surface area contributed by atoms with Crippen LogP contribution in [0, 0.1) is 11.8 Å². The van der Waals surface area contributed by atoms with E-state index < -0.39 is 0 Å². The van der Waals surface area contributed by atoms with Crippen molar-refractivity contribution in [1.82, 2.24) is 10.6 Å². The molecule has 0 fully saturated rings. The van der Waals surface area contributed by atoms with Gasteiger partial charge in [0.1, 0.15) is 0 Å². The molecule has 2 nitrogen and oxygen atoms in total. The summed E-state index contributed by atoms with van der Waals surface area (Å²) in [5.41, 5.74) is 5.26. The van der Waals surface area contributed by atoms with Crippen molar-refractivity contribution < 1.29 is 0 Å². The molecule has 2 N–H and O–H groups in total. The summed E-state index contributed by atoms with van der Waals surface area (Å²) in [5, 5.41) is 7.25. The summed E-state index contributed by atoms with van der Waals surface area (Å²) in [6.07, 6.45) is 2.44. The molecule has 0 aliphatic rings. The van der Waals surface area contributed by atoms with Gasteiger partial charge in [-0.2, -0.15) is 0 Å². The fourth-order valence-electron chi connectivity index (χ4n) is 3.80. The Kier molecular flexibility index (Phi) is 9.21. The highest BCUT2D eigenvalue weighted by Gasteiger charge is 2.06. The molecule has 0 aliphatic heterocycles. The molecule has 2 rings (SSSR count). The Labute approximate surface area is 173 Å². The lowest BCUT2D eigenvalue weighted by Crippen LogP contribution is -2.26. The minimum Gasteiger partial charge on any atom is -0.310 e. The number of rotatable bonds is 11. The van der Waals surface area contributed by atoms with E-state index in [0.29, 0.717) is 12.1 Å². The molecule has 2 heteroatoms. The maximum atomic E-state index is 3.62. The minimum atomic E-state index is 0.559. The van der Waals surface area contributed by atoms with E-state index in [1.165, 1.54) is 35.1 Å². The predicted molar refractivity (Wildman–Crippen MR) is 123 cm³/mol. The number of hydrogen-bond acceptors (Lipinski definition) is 2. The molecule has 2 aromatic carbocycles. The first-order valence-electron chi connectivity index (χ1n) is 11.0. The van der Waals surface area contributed by atoms with Gasteiger partial charge in [0.25, 0.3) is 0 Å². The average Bonchev–Trinajstić information content (AvgIpc) is 2.64. The summed E-state index contributed by atoms with van der Waals surface area (Å²) in [5.74, 6) is 1.47. The summed E-state index contributed by atoms with van der Waals surface area (Å²) in [6, 6.07) is 19.0. The lowest BCUT2D eigenvalue weighted by Gasteiger charge is -2.16. The summed E-state index contributed by atoms with van der Waals surface area (Å²) < 4.78 is 0. The largest absolute Gasteiger partial charge is 0.310 e. The Morgan fingerprint density at radius 2 is 0.857 bits per heavy atom. The highest BCUT2D eigenvalue weighted by Crippen LogP contribution is 2.21. The van der Waals surface area contributed by atoms with Crippen LogP contribution in [0.4, 0.5) is 0 Å². The van der Waals surface area contributed by atoms with Crippen molar-refractivity contribution in [2.24, 2.45) is 11.8 Å². The van der Waals surface area contributed by atoms with Crippen LogP contribution in [0.5, 0.6) is 0 Å². The van der Waals surface area contributed by atoms with Crippen LogP contribution in [0.2, 0.25) is 0 Å². The third-order valence-corrected chi connectivity index (χ3v) is 5.20. The first-order valence-corrected chi connectivity index (χ1v) is 11.0. The quantitative estimate of drug-likeness (QED) is 0.471. The van der Waals surface area contributed by atoms with Crippen molar-refractivity contribution in [3.63, 3.8) is 0 Å². The molecule has 28 heavy (non-hydrogen) atoms. The molecular weight excluding hydrogens is 340 g/mol. The van der Waals surface area contributed by atoms with Gasteiger partial charge in [0.15, 0.2) is 0 Å². The Morgan fingerprint density at radius 3 is 1.14 bits per heavy atom. The van der Waals surface area contributed by atoms with E-state index >= 15 is 0 Å².